The molecule has 2 aromatic heterocycles. The predicted octanol–water partition coefficient (Wildman–Crippen LogP) is 4.45. The Hall–Kier alpha value is -3.05. The molecule has 9 nitrogen and oxygen atoms in total. The van der Waals surface area contributed by atoms with Crippen LogP contribution in [0.1, 0.15) is 52.5 Å². The van der Waals surface area contributed by atoms with Crippen LogP contribution in [0.2, 0.25) is 0 Å². The Kier molecular flexibility index (Phi) is 7.64. The number of hydrogen-bond acceptors (Lipinski definition) is 9. The number of anilines is 4. The standard InChI is InChI=1S/C29H39FN6O3S/c1-6-40(38,39)17-20-15-36(19(20)4)24-8-7-21(18(2)3)22-13-27(32-14-23(22)24)33-26-9-11-31-28(34-26)35-12-10-29(5,37)25(30)16-35/h7-9,11,13-14,18-20,25,37H,6,10,12,15-17H2,1-5H3,(H,31,32,33,34)/t19-,20-,25-,29+/m1/s1. The third kappa shape index (κ3) is 5.58. The largest absolute Gasteiger partial charge is 0.387 e. The van der Waals surface area contributed by atoms with E-state index in [1.54, 1.807) is 24.1 Å². The molecule has 0 aliphatic carbocycles. The van der Waals surface area contributed by atoms with Crippen molar-refractivity contribution in [3.63, 3.8) is 0 Å². The van der Waals surface area contributed by atoms with Crippen molar-refractivity contribution in [3.05, 3.63) is 42.2 Å². The van der Waals surface area contributed by atoms with E-state index in [0.717, 1.165) is 16.5 Å². The summed E-state index contributed by atoms with van der Waals surface area (Å²) in [6, 6.07) is 8.16. The Morgan fingerprint density at radius 3 is 2.62 bits per heavy atom. The van der Waals surface area contributed by atoms with Crippen LogP contribution in [0.15, 0.2) is 36.7 Å². The number of pyridine rings is 1. The Balaban J connectivity index is 1.40. The Morgan fingerprint density at radius 1 is 1.18 bits per heavy atom. The molecule has 0 bridgehead atoms. The number of nitrogens with one attached hydrogen (secondary N) is 1. The molecule has 216 valence electrons. The fraction of sp³-hybridized carbons (Fsp3) is 0.552. The summed E-state index contributed by atoms with van der Waals surface area (Å²) in [5, 5.41) is 15.6. The van der Waals surface area contributed by atoms with Gasteiger partial charge >= 0.3 is 0 Å². The van der Waals surface area contributed by atoms with Crippen LogP contribution in [0.25, 0.3) is 10.8 Å². The maximum Gasteiger partial charge on any atom is 0.227 e. The predicted molar refractivity (Wildman–Crippen MR) is 158 cm³/mol. The van der Waals surface area contributed by atoms with Gasteiger partial charge in [-0.1, -0.05) is 26.8 Å². The summed E-state index contributed by atoms with van der Waals surface area (Å²) in [4.78, 5) is 17.6. The number of hydrogen-bond donors (Lipinski definition) is 2. The van der Waals surface area contributed by atoms with Crippen LogP contribution < -0.4 is 15.1 Å². The number of benzene rings is 1. The number of aliphatic hydroxyl groups is 1. The second-order valence-corrected chi connectivity index (χ2v) is 14.1. The number of piperidine rings is 1. The van der Waals surface area contributed by atoms with Crippen molar-refractivity contribution in [2.45, 2.75) is 64.8 Å². The third-order valence-electron chi connectivity index (χ3n) is 8.48. The van der Waals surface area contributed by atoms with Crippen molar-refractivity contribution in [2.75, 3.05) is 46.3 Å². The maximum absolute atomic E-state index is 14.4. The van der Waals surface area contributed by atoms with Gasteiger partial charge in [0.05, 0.1) is 17.9 Å². The minimum atomic E-state index is -3.02. The van der Waals surface area contributed by atoms with Crippen molar-refractivity contribution >= 4 is 43.9 Å². The molecule has 0 unspecified atom stereocenters. The van der Waals surface area contributed by atoms with Gasteiger partial charge in [0.15, 0.2) is 0 Å². The molecule has 2 aliphatic heterocycles. The van der Waals surface area contributed by atoms with Gasteiger partial charge in [0.1, 0.15) is 27.6 Å². The van der Waals surface area contributed by atoms with Crippen molar-refractivity contribution in [3.8, 4) is 0 Å². The van der Waals surface area contributed by atoms with Gasteiger partial charge in [-0.3, -0.25) is 0 Å². The fourth-order valence-corrected chi connectivity index (χ4v) is 6.87. The van der Waals surface area contributed by atoms with Crippen LogP contribution in [0.3, 0.4) is 0 Å². The van der Waals surface area contributed by atoms with E-state index in [2.05, 4.69) is 53.1 Å². The number of halogens is 1. The van der Waals surface area contributed by atoms with E-state index in [1.165, 1.54) is 12.5 Å². The maximum atomic E-state index is 14.4. The van der Waals surface area contributed by atoms with Gasteiger partial charge in [0.25, 0.3) is 0 Å². The monoisotopic (exact) mass is 570 g/mol. The fourth-order valence-electron chi connectivity index (χ4n) is 5.59. The quantitative estimate of drug-likeness (QED) is 0.406. The lowest BCUT2D eigenvalue weighted by atomic mass is 9.88. The lowest BCUT2D eigenvalue weighted by Crippen LogP contribution is -2.57. The van der Waals surface area contributed by atoms with Crippen LogP contribution in [0, 0.1) is 5.92 Å². The Labute approximate surface area is 235 Å². The minimum absolute atomic E-state index is 0.0331. The van der Waals surface area contributed by atoms with Crippen LogP contribution in [-0.4, -0.2) is 77.4 Å². The zero-order valence-corrected chi connectivity index (χ0v) is 24.6. The second-order valence-electron chi connectivity index (χ2n) is 11.7. The highest BCUT2D eigenvalue weighted by Crippen LogP contribution is 2.39. The number of aromatic nitrogens is 3. The summed E-state index contributed by atoms with van der Waals surface area (Å²) in [6.07, 6.45) is 2.41. The summed E-state index contributed by atoms with van der Waals surface area (Å²) >= 11 is 0. The van der Waals surface area contributed by atoms with E-state index < -0.39 is 21.6 Å². The molecule has 11 heteroatoms. The average Bonchev–Trinajstić information content (AvgIpc) is 2.91. The molecule has 2 saturated heterocycles. The summed E-state index contributed by atoms with van der Waals surface area (Å²) < 4.78 is 38.8. The number of sulfone groups is 1. The second kappa shape index (κ2) is 10.7. The molecule has 3 aromatic rings. The number of fused-ring (bicyclic) bond motifs is 1. The van der Waals surface area contributed by atoms with Crippen molar-refractivity contribution < 1.29 is 17.9 Å². The first kappa shape index (κ1) is 28.5. The third-order valence-corrected chi connectivity index (χ3v) is 10.3. The van der Waals surface area contributed by atoms with E-state index in [9.17, 15) is 17.9 Å². The molecular formula is C29H39FN6O3S. The van der Waals surface area contributed by atoms with E-state index in [1.807, 2.05) is 12.3 Å². The average molecular weight is 571 g/mol. The van der Waals surface area contributed by atoms with Crippen LogP contribution in [-0.2, 0) is 9.84 Å². The first-order valence-corrected chi connectivity index (χ1v) is 15.8. The number of alkyl halides is 1. The van der Waals surface area contributed by atoms with Gasteiger partial charge in [-0.2, -0.15) is 4.98 Å². The van der Waals surface area contributed by atoms with E-state index in [-0.39, 0.29) is 30.0 Å². The molecule has 0 spiro atoms. The Morgan fingerprint density at radius 2 is 1.95 bits per heavy atom. The van der Waals surface area contributed by atoms with E-state index >= 15 is 0 Å². The van der Waals surface area contributed by atoms with Crippen molar-refractivity contribution in [1.29, 1.82) is 0 Å². The molecule has 2 fully saturated rings. The van der Waals surface area contributed by atoms with Gasteiger partial charge in [-0.25, -0.2) is 22.8 Å². The molecule has 4 atom stereocenters. The van der Waals surface area contributed by atoms with Gasteiger partial charge in [0, 0.05) is 54.3 Å². The highest BCUT2D eigenvalue weighted by Gasteiger charge is 2.39. The van der Waals surface area contributed by atoms with Crippen LogP contribution >= 0.6 is 0 Å². The van der Waals surface area contributed by atoms with E-state index in [4.69, 9.17) is 4.98 Å². The topological polar surface area (TPSA) is 112 Å². The summed E-state index contributed by atoms with van der Waals surface area (Å²) in [5.74, 6) is 2.38. The molecule has 0 radical (unpaired) electrons. The highest BCUT2D eigenvalue weighted by atomic mass is 32.2. The minimum Gasteiger partial charge on any atom is -0.387 e. The first-order chi connectivity index (χ1) is 18.9. The summed E-state index contributed by atoms with van der Waals surface area (Å²) in [6.45, 7) is 10.8. The molecule has 0 amide bonds. The van der Waals surface area contributed by atoms with Gasteiger partial charge in [-0.15, -0.1) is 0 Å². The lowest BCUT2D eigenvalue weighted by Gasteiger charge is -2.48. The first-order valence-electron chi connectivity index (χ1n) is 14.0. The highest BCUT2D eigenvalue weighted by molar-refractivity contribution is 7.91. The number of nitrogens with zero attached hydrogens (tertiary/aromatic N) is 5. The molecule has 5 rings (SSSR count). The summed E-state index contributed by atoms with van der Waals surface area (Å²) in [7, 11) is -3.02. The van der Waals surface area contributed by atoms with Crippen LogP contribution in [0.5, 0.6) is 0 Å². The SMILES string of the molecule is CCS(=O)(=O)C[C@H]1CN(c2ccc(C(C)C)c3cc(Nc4ccnc(N5CC[C@](C)(O)[C@H](F)C5)n4)ncc23)[C@@H]1C. The lowest BCUT2D eigenvalue weighted by molar-refractivity contribution is -0.0332. The van der Waals surface area contributed by atoms with Gasteiger partial charge < -0.3 is 20.2 Å². The molecule has 2 aliphatic rings. The molecule has 4 heterocycles. The van der Waals surface area contributed by atoms with E-state index in [0.29, 0.717) is 43.0 Å². The van der Waals surface area contributed by atoms with Crippen molar-refractivity contribution in [1.82, 2.24) is 15.0 Å². The Bertz CT molecular complexity index is 1500. The zero-order valence-electron chi connectivity index (χ0n) is 23.8. The van der Waals surface area contributed by atoms with Crippen LogP contribution in [0.4, 0.5) is 27.7 Å². The molecular weight excluding hydrogens is 531 g/mol. The molecule has 40 heavy (non-hydrogen) atoms. The zero-order chi connectivity index (χ0) is 28.8. The normalized spacial score (nSPS) is 25.4. The molecule has 1 aromatic carbocycles. The summed E-state index contributed by atoms with van der Waals surface area (Å²) in [5.41, 5.74) is 0.915. The van der Waals surface area contributed by atoms with Crippen molar-refractivity contribution in [2.24, 2.45) is 5.92 Å². The van der Waals surface area contributed by atoms with Gasteiger partial charge in [0.2, 0.25) is 5.95 Å². The number of rotatable bonds is 8. The smallest absolute Gasteiger partial charge is 0.227 e. The van der Waals surface area contributed by atoms with Gasteiger partial charge in [-0.05, 0) is 55.3 Å². The molecule has 2 N–H and O–H groups in total. The molecule has 0 saturated carbocycles.